The predicted octanol–water partition coefficient (Wildman–Crippen LogP) is 6.29. The largest absolute Gasteiger partial charge is 0.413 e. The number of unbranched alkanes of at least 4 members (excludes halogenated alkanes) is 3. The number of dihydropyridines is 1. The molecule has 0 aromatic heterocycles. The second-order valence-electron chi connectivity index (χ2n) is 9.12. The van der Waals surface area contributed by atoms with Crippen LogP contribution in [0.3, 0.4) is 0 Å². The van der Waals surface area contributed by atoms with Crippen molar-refractivity contribution in [2.24, 2.45) is 5.73 Å². The zero-order valence-electron chi connectivity index (χ0n) is 20.0. The van der Waals surface area contributed by atoms with Crippen LogP contribution in [0.2, 0.25) is 18.1 Å². The smallest absolute Gasteiger partial charge is 0.248 e. The van der Waals surface area contributed by atoms with Crippen LogP contribution in [0.1, 0.15) is 77.3 Å². The average molecular weight is 443 g/mol. The lowest BCUT2D eigenvalue weighted by Crippen LogP contribution is -2.38. The molecule has 1 atom stereocenters. The number of nitrogens with two attached hydrogens (primary N) is 1. The Bertz CT molecular complexity index is 735. The second kappa shape index (κ2) is 12.3. The number of nitrogens with one attached hydrogen (secondary N) is 1. The van der Waals surface area contributed by atoms with E-state index in [2.05, 4.69) is 57.3 Å². The van der Waals surface area contributed by atoms with E-state index in [9.17, 15) is 4.79 Å². The van der Waals surface area contributed by atoms with E-state index in [0.717, 1.165) is 5.56 Å². The Labute approximate surface area is 190 Å². The van der Waals surface area contributed by atoms with Crippen LogP contribution in [-0.4, -0.2) is 14.2 Å². The van der Waals surface area contributed by atoms with Crippen molar-refractivity contribution < 1.29 is 9.22 Å². The molecule has 1 aliphatic heterocycles. The maximum absolute atomic E-state index is 11.6. The van der Waals surface area contributed by atoms with Gasteiger partial charge in [0.25, 0.3) is 0 Å². The van der Waals surface area contributed by atoms with Crippen molar-refractivity contribution in [1.82, 2.24) is 5.32 Å². The fraction of sp³-hybridized carbons (Fsp3) is 0.577. The molecule has 1 aromatic rings. The minimum Gasteiger partial charge on any atom is -0.413 e. The summed E-state index contributed by atoms with van der Waals surface area (Å²) in [6.07, 6.45) is 13.0. The molecule has 1 amide bonds. The fourth-order valence-electron chi connectivity index (χ4n) is 4.30. The third-order valence-corrected chi connectivity index (χ3v) is 11.0. The first kappa shape index (κ1) is 25.4. The van der Waals surface area contributed by atoms with Crippen molar-refractivity contribution in [2.75, 3.05) is 0 Å². The maximum Gasteiger partial charge on any atom is 0.248 e. The van der Waals surface area contributed by atoms with Crippen LogP contribution in [0.4, 0.5) is 0 Å². The first-order valence-electron chi connectivity index (χ1n) is 12.1. The number of benzene rings is 1. The van der Waals surface area contributed by atoms with E-state index in [1.54, 1.807) is 12.3 Å². The standard InChI is InChI=1S/C26H42N2O2Si/c1-5-8-17-31(18-9-6-2,19-10-7-3)30-21-22-11-13-24(14-12-22)26(4)20-23(25(27)29)15-16-28-26/h11-16,20,28H,5-10,17-19,21H2,1-4H3,(H2,27,29). The Morgan fingerprint density at radius 2 is 1.55 bits per heavy atom. The van der Waals surface area contributed by atoms with Gasteiger partial charge in [0.15, 0.2) is 8.32 Å². The van der Waals surface area contributed by atoms with Gasteiger partial charge in [0.05, 0.1) is 12.1 Å². The minimum atomic E-state index is -1.71. The predicted molar refractivity (Wildman–Crippen MR) is 133 cm³/mol. The summed E-state index contributed by atoms with van der Waals surface area (Å²) >= 11 is 0. The fourth-order valence-corrected chi connectivity index (χ4v) is 8.95. The van der Waals surface area contributed by atoms with Gasteiger partial charge < -0.3 is 15.5 Å². The van der Waals surface area contributed by atoms with Gasteiger partial charge in [-0.05, 0) is 54.5 Å². The van der Waals surface area contributed by atoms with E-state index in [1.165, 1.54) is 62.2 Å². The molecule has 3 N–H and O–H groups in total. The Hall–Kier alpha value is -1.85. The SMILES string of the molecule is CCCC[Si](CCCC)(CCCC)OCc1ccc(C2(C)C=C(C(N)=O)C=CN2)cc1. The van der Waals surface area contributed by atoms with Crippen LogP contribution in [-0.2, 0) is 21.4 Å². The lowest BCUT2D eigenvalue weighted by molar-refractivity contribution is -0.114. The van der Waals surface area contributed by atoms with Crippen LogP contribution in [0.15, 0.2) is 48.2 Å². The molecule has 172 valence electrons. The van der Waals surface area contributed by atoms with Crippen LogP contribution in [0.25, 0.3) is 0 Å². The molecule has 0 saturated heterocycles. The van der Waals surface area contributed by atoms with Gasteiger partial charge in [0.2, 0.25) is 5.91 Å². The monoisotopic (exact) mass is 442 g/mol. The highest BCUT2D eigenvalue weighted by molar-refractivity contribution is 6.73. The maximum atomic E-state index is 11.6. The van der Waals surface area contributed by atoms with Crippen molar-refractivity contribution in [3.8, 4) is 0 Å². The van der Waals surface area contributed by atoms with Gasteiger partial charge in [-0.1, -0.05) is 83.6 Å². The van der Waals surface area contributed by atoms with E-state index in [0.29, 0.717) is 12.2 Å². The van der Waals surface area contributed by atoms with E-state index in [4.69, 9.17) is 10.2 Å². The number of carbonyl (C=O) groups is 1. The summed E-state index contributed by atoms with van der Waals surface area (Å²) in [4.78, 5) is 11.6. The molecule has 1 unspecified atom stereocenters. The van der Waals surface area contributed by atoms with Crippen molar-refractivity contribution in [1.29, 1.82) is 0 Å². The molecule has 0 saturated carbocycles. The van der Waals surface area contributed by atoms with Gasteiger partial charge in [0.1, 0.15) is 0 Å². The zero-order chi connectivity index (χ0) is 22.7. The molecule has 0 fully saturated rings. The van der Waals surface area contributed by atoms with Gasteiger partial charge >= 0.3 is 0 Å². The Kier molecular flexibility index (Phi) is 10.0. The Balaban J connectivity index is 2.12. The van der Waals surface area contributed by atoms with E-state index in [-0.39, 0.29) is 0 Å². The molecule has 0 spiro atoms. The Morgan fingerprint density at radius 3 is 2.03 bits per heavy atom. The van der Waals surface area contributed by atoms with Crippen molar-refractivity contribution in [2.45, 2.75) is 96.5 Å². The Morgan fingerprint density at radius 1 is 1.00 bits per heavy atom. The van der Waals surface area contributed by atoms with Gasteiger partial charge in [-0.25, -0.2) is 0 Å². The number of rotatable bonds is 14. The molecule has 2 rings (SSSR count). The van der Waals surface area contributed by atoms with E-state index >= 15 is 0 Å². The van der Waals surface area contributed by atoms with Crippen LogP contribution in [0.5, 0.6) is 0 Å². The minimum absolute atomic E-state index is 0.401. The van der Waals surface area contributed by atoms with Crippen molar-refractivity contribution in [3.63, 3.8) is 0 Å². The normalized spacial score (nSPS) is 18.5. The molecular formula is C26H42N2O2Si. The highest BCUT2D eigenvalue weighted by atomic mass is 28.4. The molecule has 0 radical (unpaired) electrons. The van der Waals surface area contributed by atoms with E-state index in [1.807, 2.05) is 6.08 Å². The summed E-state index contributed by atoms with van der Waals surface area (Å²) in [7, 11) is -1.71. The summed E-state index contributed by atoms with van der Waals surface area (Å²) < 4.78 is 6.82. The second-order valence-corrected chi connectivity index (χ2v) is 13.3. The number of hydrogen-bond acceptors (Lipinski definition) is 3. The van der Waals surface area contributed by atoms with Crippen molar-refractivity contribution >= 4 is 14.2 Å². The number of primary amides is 1. The molecule has 31 heavy (non-hydrogen) atoms. The average Bonchev–Trinajstić information content (AvgIpc) is 2.78. The summed E-state index contributed by atoms with van der Waals surface area (Å²) in [6, 6.07) is 12.5. The van der Waals surface area contributed by atoms with Crippen molar-refractivity contribution in [3.05, 3.63) is 59.3 Å². The van der Waals surface area contributed by atoms with Crippen LogP contribution >= 0.6 is 0 Å². The summed E-state index contributed by atoms with van der Waals surface area (Å²) in [5.74, 6) is -0.401. The third kappa shape index (κ3) is 7.36. The molecule has 1 aromatic carbocycles. The molecule has 4 nitrogen and oxygen atoms in total. The molecule has 0 bridgehead atoms. The van der Waals surface area contributed by atoms with Gasteiger partial charge in [-0.15, -0.1) is 0 Å². The summed E-state index contributed by atoms with van der Waals surface area (Å²) in [6.45, 7) is 9.61. The number of amides is 1. The third-order valence-electron chi connectivity index (χ3n) is 6.43. The highest BCUT2D eigenvalue weighted by Crippen LogP contribution is 2.31. The molecule has 5 heteroatoms. The lowest BCUT2D eigenvalue weighted by Gasteiger charge is -2.32. The molecule has 0 aliphatic carbocycles. The van der Waals surface area contributed by atoms with Crippen LogP contribution < -0.4 is 11.1 Å². The van der Waals surface area contributed by atoms with Crippen LogP contribution in [0, 0.1) is 0 Å². The number of carbonyl (C=O) groups excluding carboxylic acids is 1. The topological polar surface area (TPSA) is 64.3 Å². The molecule has 1 aliphatic rings. The zero-order valence-corrected chi connectivity index (χ0v) is 21.0. The van der Waals surface area contributed by atoms with Gasteiger partial charge in [0, 0.05) is 5.57 Å². The quantitative estimate of drug-likeness (QED) is 0.333. The number of hydrogen-bond donors (Lipinski definition) is 2. The summed E-state index contributed by atoms with van der Waals surface area (Å²) in [5, 5.41) is 3.35. The summed E-state index contributed by atoms with van der Waals surface area (Å²) in [5.41, 5.74) is 7.89. The first-order valence-corrected chi connectivity index (χ1v) is 14.6. The van der Waals surface area contributed by atoms with E-state index < -0.39 is 19.8 Å². The molecule has 1 heterocycles. The molecular weight excluding hydrogens is 400 g/mol. The first-order chi connectivity index (χ1) is 14.9. The van der Waals surface area contributed by atoms with Gasteiger partial charge in [-0.2, -0.15) is 0 Å². The van der Waals surface area contributed by atoms with Gasteiger partial charge in [-0.3, -0.25) is 4.79 Å². The highest BCUT2D eigenvalue weighted by Gasteiger charge is 2.33. The lowest BCUT2D eigenvalue weighted by atomic mass is 9.87.